The van der Waals surface area contributed by atoms with E-state index in [1.165, 1.54) is 11.3 Å². The predicted octanol–water partition coefficient (Wildman–Crippen LogP) is -0.351. The van der Waals surface area contributed by atoms with E-state index in [0.29, 0.717) is 18.1 Å². The number of ether oxygens (including phenoxy) is 1. The molecule has 0 radical (unpaired) electrons. The molecule has 2 aliphatic rings. The first-order chi connectivity index (χ1) is 7.65. The van der Waals surface area contributed by atoms with Crippen molar-refractivity contribution in [2.24, 2.45) is 0 Å². The number of piperidine rings is 1. The van der Waals surface area contributed by atoms with Gasteiger partial charge in [0.2, 0.25) is 5.91 Å². The standard InChI is InChI=1S/C12H22N2O2/c1-10-7-13(8-11(2)16-10)9-14-6-4-3-5-12(14)15/h10-11H,3-9H2,1-2H3/p+1/t10-,11-/m0/s1. The molecule has 4 heteroatoms. The summed E-state index contributed by atoms with van der Waals surface area (Å²) in [5.74, 6) is 0.338. The Labute approximate surface area is 97.5 Å². The molecule has 0 aliphatic carbocycles. The normalized spacial score (nSPS) is 36.5. The van der Waals surface area contributed by atoms with E-state index in [9.17, 15) is 4.79 Å². The molecule has 2 fully saturated rings. The molecule has 0 aromatic rings. The SMILES string of the molecule is C[C@H]1C[NH+](CN2CCCCC2=O)C[C@H](C)O1. The van der Waals surface area contributed by atoms with Crippen molar-refractivity contribution in [1.29, 1.82) is 0 Å². The number of hydrogen-bond donors (Lipinski definition) is 1. The number of carbonyl (C=O) groups is 1. The summed E-state index contributed by atoms with van der Waals surface area (Å²) in [6, 6.07) is 0. The van der Waals surface area contributed by atoms with Gasteiger partial charge in [0, 0.05) is 13.0 Å². The van der Waals surface area contributed by atoms with E-state index in [2.05, 4.69) is 13.8 Å². The Bertz CT molecular complexity index is 247. The molecule has 92 valence electrons. The highest BCUT2D eigenvalue weighted by molar-refractivity contribution is 5.76. The maximum absolute atomic E-state index is 11.7. The second-order valence-corrected chi connectivity index (χ2v) is 5.19. The fraction of sp³-hybridized carbons (Fsp3) is 0.917. The number of amides is 1. The second kappa shape index (κ2) is 5.15. The topological polar surface area (TPSA) is 34.0 Å². The van der Waals surface area contributed by atoms with E-state index < -0.39 is 0 Å². The monoisotopic (exact) mass is 227 g/mol. The van der Waals surface area contributed by atoms with Crippen molar-refractivity contribution in [2.45, 2.75) is 45.3 Å². The number of quaternary nitrogens is 1. The molecule has 0 aromatic heterocycles. The molecule has 2 rings (SSSR count). The minimum Gasteiger partial charge on any atom is -0.364 e. The van der Waals surface area contributed by atoms with Crippen LogP contribution in [0.5, 0.6) is 0 Å². The fourth-order valence-corrected chi connectivity index (χ4v) is 2.82. The molecule has 1 N–H and O–H groups in total. The Morgan fingerprint density at radius 1 is 1.31 bits per heavy atom. The third kappa shape index (κ3) is 2.95. The van der Waals surface area contributed by atoms with Crippen LogP contribution in [0.2, 0.25) is 0 Å². The van der Waals surface area contributed by atoms with Crippen molar-refractivity contribution in [2.75, 3.05) is 26.3 Å². The summed E-state index contributed by atoms with van der Waals surface area (Å²) in [5, 5.41) is 0. The van der Waals surface area contributed by atoms with E-state index in [0.717, 1.165) is 39.1 Å². The lowest BCUT2D eigenvalue weighted by atomic mass is 10.1. The van der Waals surface area contributed by atoms with Gasteiger partial charge in [-0.3, -0.25) is 9.69 Å². The number of likely N-dealkylation sites (tertiary alicyclic amines) is 1. The van der Waals surface area contributed by atoms with E-state index in [1.807, 2.05) is 4.90 Å². The summed E-state index contributed by atoms with van der Waals surface area (Å²) in [6.45, 7) is 8.10. The molecule has 2 atom stereocenters. The fourth-order valence-electron chi connectivity index (χ4n) is 2.82. The van der Waals surface area contributed by atoms with E-state index in [1.54, 1.807) is 0 Å². The zero-order chi connectivity index (χ0) is 11.5. The zero-order valence-electron chi connectivity index (χ0n) is 10.4. The number of morpholine rings is 1. The summed E-state index contributed by atoms with van der Waals surface area (Å²) in [5.41, 5.74) is 0. The molecule has 4 nitrogen and oxygen atoms in total. The van der Waals surface area contributed by atoms with E-state index in [4.69, 9.17) is 4.74 Å². The Morgan fingerprint density at radius 2 is 2.00 bits per heavy atom. The van der Waals surface area contributed by atoms with Gasteiger partial charge in [0.05, 0.1) is 0 Å². The molecule has 0 saturated carbocycles. The first kappa shape index (κ1) is 11.9. The molecule has 0 bridgehead atoms. The van der Waals surface area contributed by atoms with Crippen LogP contribution in [0.4, 0.5) is 0 Å². The number of nitrogens with one attached hydrogen (secondary N) is 1. The summed E-state index contributed by atoms with van der Waals surface area (Å²) in [4.78, 5) is 15.2. The van der Waals surface area contributed by atoms with Crippen molar-refractivity contribution in [1.82, 2.24) is 4.90 Å². The smallest absolute Gasteiger partial charge is 0.226 e. The van der Waals surface area contributed by atoms with Gasteiger partial charge in [0.25, 0.3) is 0 Å². The maximum atomic E-state index is 11.7. The van der Waals surface area contributed by atoms with Gasteiger partial charge in [0.15, 0.2) is 6.67 Å². The molecular formula is C12H23N2O2+. The van der Waals surface area contributed by atoms with Gasteiger partial charge in [0.1, 0.15) is 25.3 Å². The van der Waals surface area contributed by atoms with Gasteiger partial charge < -0.3 is 9.64 Å². The summed E-state index contributed by atoms with van der Waals surface area (Å²) >= 11 is 0. The summed E-state index contributed by atoms with van der Waals surface area (Å²) < 4.78 is 5.71. The van der Waals surface area contributed by atoms with Crippen LogP contribution in [0, 0.1) is 0 Å². The Hall–Kier alpha value is -0.610. The third-order valence-electron chi connectivity index (χ3n) is 3.45. The number of hydrogen-bond acceptors (Lipinski definition) is 2. The van der Waals surface area contributed by atoms with Crippen LogP contribution in [0.25, 0.3) is 0 Å². The lowest BCUT2D eigenvalue weighted by Gasteiger charge is -2.36. The van der Waals surface area contributed by atoms with Crippen LogP contribution in [-0.4, -0.2) is 49.3 Å². The molecule has 2 aliphatic heterocycles. The average Bonchev–Trinajstić information content (AvgIpc) is 2.20. The first-order valence-corrected chi connectivity index (χ1v) is 6.42. The number of nitrogens with zero attached hydrogens (tertiary/aromatic N) is 1. The highest BCUT2D eigenvalue weighted by Crippen LogP contribution is 2.08. The Balaban J connectivity index is 1.85. The number of rotatable bonds is 2. The van der Waals surface area contributed by atoms with Crippen LogP contribution < -0.4 is 4.90 Å². The quantitative estimate of drug-likeness (QED) is 0.699. The van der Waals surface area contributed by atoms with Gasteiger partial charge in [-0.25, -0.2) is 0 Å². The van der Waals surface area contributed by atoms with Crippen LogP contribution >= 0.6 is 0 Å². The largest absolute Gasteiger partial charge is 0.364 e. The van der Waals surface area contributed by atoms with Gasteiger partial charge in [-0.15, -0.1) is 0 Å². The molecule has 2 heterocycles. The summed E-state index contributed by atoms with van der Waals surface area (Å²) in [7, 11) is 0. The van der Waals surface area contributed by atoms with Crippen molar-refractivity contribution in [3.63, 3.8) is 0 Å². The van der Waals surface area contributed by atoms with Crippen molar-refractivity contribution < 1.29 is 14.4 Å². The van der Waals surface area contributed by atoms with Gasteiger partial charge in [-0.05, 0) is 26.7 Å². The predicted molar refractivity (Wildman–Crippen MR) is 61.1 cm³/mol. The molecule has 0 unspecified atom stereocenters. The third-order valence-corrected chi connectivity index (χ3v) is 3.45. The number of carbonyl (C=O) groups excluding carboxylic acids is 1. The van der Waals surface area contributed by atoms with Crippen molar-refractivity contribution in [3.05, 3.63) is 0 Å². The molecule has 2 saturated heterocycles. The Morgan fingerprint density at radius 3 is 2.62 bits per heavy atom. The molecular weight excluding hydrogens is 204 g/mol. The second-order valence-electron chi connectivity index (χ2n) is 5.19. The molecule has 0 aromatic carbocycles. The lowest BCUT2D eigenvalue weighted by molar-refractivity contribution is -0.923. The van der Waals surface area contributed by atoms with Crippen LogP contribution in [-0.2, 0) is 9.53 Å². The average molecular weight is 227 g/mol. The van der Waals surface area contributed by atoms with E-state index in [-0.39, 0.29) is 0 Å². The highest BCUT2D eigenvalue weighted by Gasteiger charge is 2.29. The maximum Gasteiger partial charge on any atom is 0.226 e. The minimum absolute atomic E-state index is 0.318. The molecule has 1 amide bonds. The molecule has 16 heavy (non-hydrogen) atoms. The molecule has 0 spiro atoms. The highest BCUT2D eigenvalue weighted by atomic mass is 16.5. The van der Waals surface area contributed by atoms with Gasteiger partial charge >= 0.3 is 0 Å². The van der Waals surface area contributed by atoms with Gasteiger partial charge in [-0.1, -0.05) is 0 Å². The van der Waals surface area contributed by atoms with Crippen molar-refractivity contribution in [3.8, 4) is 0 Å². The van der Waals surface area contributed by atoms with Crippen LogP contribution in [0.15, 0.2) is 0 Å². The van der Waals surface area contributed by atoms with Gasteiger partial charge in [-0.2, -0.15) is 0 Å². The first-order valence-electron chi connectivity index (χ1n) is 6.42. The lowest BCUT2D eigenvalue weighted by Crippen LogP contribution is -3.16. The van der Waals surface area contributed by atoms with Crippen LogP contribution in [0.3, 0.4) is 0 Å². The Kier molecular flexibility index (Phi) is 3.82. The van der Waals surface area contributed by atoms with Crippen molar-refractivity contribution >= 4 is 5.91 Å². The minimum atomic E-state index is 0.318. The zero-order valence-corrected chi connectivity index (χ0v) is 10.4. The van der Waals surface area contributed by atoms with Crippen LogP contribution in [0.1, 0.15) is 33.1 Å². The van der Waals surface area contributed by atoms with E-state index >= 15 is 0 Å². The summed E-state index contributed by atoms with van der Waals surface area (Å²) in [6.07, 6.45) is 3.62.